The second kappa shape index (κ2) is 8.36. The fourth-order valence-corrected chi connectivity index (χ4v) is 4.52. The first-order valence-corrected chi connectivity index (χ1v) is 11.5. The maximum Gasteiger partial charge on any atom is 0.420 e. The number of nitrogens with zero attached hydrogens (tertiary/aromatic N) is 4. The zero-order chi connectivity index (χ0) is 25.9. The van der Waals surface area contributed by atoms with Gasteiger partial charge in [0, 0.05) is 23.7 Å². The third-order valence-corrected chi connectivity index (χ3v) is 6.45. The van der Waals surface area contributed by atoms with Gasteiger partial charge in [-0.05, 0) is 71.8 Å². The summed E-state index contributed by atoms with van der Waals surface area (Å²) in [4.78, 5) is 15.6. The summed E-state index contributed by atoms with van der Waals surface area (Å²) >= 11 is 0. The van der Waals surface area contributed by atoms with Gasteiger partial charge in [0.25, 0.3) is 0 Å². The first kappa shape index (κ1) is 23.1. The molecule has 1 aliphatic carbocycles. The molecule has 6 rings (SSSR count). The molecule has 0 saturated heterocycles. The Labute approximate surface area is 207 Å². The van der Waals surface area contributed by atoms with Gasteiger partial charge in [0.2, 0.25) is 5.89 Å². The summed E-state index contributed by atoms with van der Waals surface area (Å²) in [6, 6.07) is 12.0. The quantitative estimate of drug-likeness (QED) is 0.194. The zero-order valence-corrected chi connectivity index (χ0v) is 19.4. The van der Waals surface area contributed by atoms with Crippen LogP contribution in [0.5, 0.6) is 0 Å². The number of hydrogen-bond donors (Lipinski definition) is 0. The second-order valence-corrected chi connectivity index (χ2v) is 9.12. The molecule has 37 heavy (non-hydrogen) atoms. The van der Waals surface area contributed by atoms with Gasteiger partial charge in [-0.25, -0.2) is 9.37 Å². The van der Waals surface area contributed by atoms with E-state index in [0.29, 0.717) is 40.3 Å². The Hall–Kier alpha value is -4.34. The molecule has 0 atom stereocenters. The van der Waals surface area contributed by atoms with Crippen molar-refractivity contribution in [3.8, 4) is 34.0 Å². The van der Waals surface area contributed by atoms with Crippen LogP contribution in [0.2, 0.25) is 0 Å². The summed E-state index contributed by atoms with van der Waals surface area (Å²) in [5.41, 5.74) is 1.66. The van der Waals surface area contributed by atoms with Crippen molar-refractivity contribution in [2.24, 2.45) is 7.05 Å². The molecule has 0 N–H and O–H groups in total. The van der Waals surface area contributed by atoms with E-state index in [2.05, 4.69) is 15.2 Å². The molecular formula is C27H18F4N4O2. The number of fused-ring (bicyclic) bond motifs is 1. The lowest BCUT2D eigenvalue weighted by molar-refractivity contribution is -0.136. The van der Waals surface area contributed by atoms with Crippen LogP contribution in [0.1, 0.15) is 40.2 Å². The Morgan fingerprint density at radius 2 is 1.81 bits per heavy atom. The van der Waals surface area contributed by atoms with Gasteiger partial charge in [-0.3, -0.25) is 4.79 Å². The Morgan fingerprint density at radius 3 is 2.49 bits per heavy atom. The number of hydrogen-bond acceptors (Lipinski definition) is 5. The molecule has 0 amide bonds. The summed E-state index contributed by atoms with van der Waals surface area (Å²) in [6.07, 6.45) is -0.903. The number of aldehydes is 1. The van der Waals surface area contributed by atoms with Gasteiger partial charge in [0.1, 0.15) is 29.5 Å². The molecule has 186 valence electrons. The van der Waals surface area contributed by atoms with E-state index >= 15 is 0 Å². The van der Waals surface area contributed by atoms with Crippen LogP contribution in [-0.4, -0.2) is 26.0 Å². The monoisotopic (exact) mass is 506 g/mol. The molecule has 2 aromatic heterocycles. The van der Waals surface area contributed by atoms with Crippen LogP contribution >= 0.6 is 0 Å². The van der Waals surface area contributed by atoms with Crippen LogP contribution < -0.4 is 0 Å². The van der Waals surface area contributed by atoms with Gasteiger partial charge in [-0.15, -0.1) is 10.2 Å². The maximum absolute atomic E-state index is 14.3. The molecule has 2 heterocycles. The van der Waals surface area contributed by atoms with Crippen LogP contribution in [0.4, 0.5) is 17.6 Å². The summed E-state index contributed by atoms with van der Waals surface area (Å²) in [6.45, 7) is 0. The van der Waals surface area contributed by atoms with E-state index in [1.165, 1.54) is 24.5 Å². The Kier molecular flexibility index (Phi) is 5.22. The Balaban J connectivity index is 1.56. The van der Waals surface area contributed by atoms with Gasteiger partial charge in [0.15, 0.2) is 11.4 Å². The van der Waals surface area contributed by atoms with Crippen LogP contribution in [0, 0.1) is 5.82 Å². The van der Waals surface area contributed by atoms with Crippen LogP contribution in [0.15, 0.2) is 59.3 Å². The SMILES string of the molecule is Cn1cnnc1-c1cc(F)ccc1-c1cc(-c2nc3cc(C=O)cc(C(F)(F)F)c3o2)cc(C2CC2)c1. The molecule has 0 radical (unpaired) electrons. The molecule has 1 fully saturated rings. The fraction of sp³-hybridized carbons (Fsp3) is 0.185. The summed E-state index contributed by atoms with van der Waals surface area (Å²) in [7, 11) is 1.75. The number of carbonyl (C=O) groups is 1. The number of halogens is 4. The lowest BCUT2D eigenvalue weighted by atomic mass is 9.94. The lowest BCUT2D eigenvalue weighted by Crippen LogP contribution is -2.06. The van der Waals surface area contributed by atoms with Crippen LogP contribution in [0.3, 0.4) is 0 Å². The first-order chi connectivity index (χ1) is 17.7. The maximum atomic E-state index is 14.3. The van der Waals surface area contributed by atoms with Crippen molar-refractivity contribution in [2.45, 2.75) is 24.9 Å². The van der Waals surface area contributed by atoms with E-state index in [4.69, 9.17) is 4.42 Å². The van der Waals surface area contributed by atoms with Crippen LogP contribution in [-0.2, 0) is 13.2 Å². The second-order valence-electron chi connectivity index (χ2n) is 9.12. The minimum absolute atomic E-state index is 0.00498. The standard InChI is InChI=1S/C27H18F4N4O2/c1-35-13-32-34-25(35)21-11-19(28)4-5-20(21)17-8-16(15-2-3-15)9-18(10-17)26-33-23-7-14(12-36)6-22(24(23)37-26)27(29,30)31/h4-13,15H,2-3H2,1H3. The normalized spacial score (nSPS) is 13.9. The van der Waals surface area contributed by atoms with E-state index in [0.717, 1.165) is 24.5 Å². The third kappa shape index (κ3) is 4.18. The average Bonchev–Trinajstić information content (AvgIpc) is 3.49. The number of aryl methyl sites for hydroxylation is 1. The molecular weight excluding hydrogens is 488 g/mol. The molecule has 6 nitrogen and oxygen atoms in total. The van der Waals surface area contributed by atoms with Crippen molar-refractivity contribution >= 4 is 17.4 Å². The van der Waals surface area contributed by atoms with Crippen molar-refractivity contribution in [1.29, 1.82) is 0 Å². The van der Waals surface area contributed by atoms with E-state index in [9.17, 15) is 22.4 Å². The molecule has 3 aromatic carbocycles. The number of rotatable bonds is 5. The largest absolute Gasteiger partial charge is 0.435 e. The third-order valence-electron chi connectivity index (χ3n) is 6.45. The average molecular weight is 506 g/mol. The van der Waals surface area contributed by atoms with Crippen LogP contribution in [0.25, 0.3) is 45.1 Å². The number of carbonyl (C=O) groups excluding carboxylic acids is 1. The van der Waals surface area contributed by atoms with E-state index in [1.807, 2.05) is 12.1 Å². The summed E-state index contributed by atoms with van der Waals surface area (Å²) in [5.74, 6) is 0.319. The molecule has 5 aromatic rings. The minimum Gasteiger partial charge on any atom is -0.435 e. The molecule has 1 aliphatic rings. The van der Waals surface area contributed by atoms with Gasteiger partial charge in [0.05, 0.1) is 0 Å². The number of benzene rings is 3. The van der Waals surface area contributed by atoms with Gasteiger partial charge < -0.3 is 8.98 Å². The highest BCUT2D eigenvalue weighted by Crippen LogP contribution is 2.45. The van der Waals surface area contributed by atoms with Crippen molar-refractivity contribution in [3.63, 3.8) is 0 Å². The molecule has 0 unspecified atom stereocenters. The molecule has 1 saturated carbocycles. The summed E-state index contributed by atoms with van der Waals surface area (Å²) in [5, 5.41) is 8.02. The highest BCUT2D eigenvalue weighted by atomic mass is 19.4. The highest BCUT2D eigenvalue weighted by molar-refractivity contribution is 5.88. The molecule has 0 spiro atoms. The van der Waals surface area contributed by atoms with Crippen molar-refractivity contribution in [3.05, 3.63) is 77.4 Å². The number of alkyl halides is 3. The van der Waals surface area contributed by atoms with E-state index < -0.39 is 23.1 Å². The minimum atomic E-state index is -4.73. The molecule has 0 aliphatic heterocycles. The number of oxazole rings is 1. The molecule has 0 bridgehead atoms. The topological polar surface area (TPSA) is 73.8 Å². The van der Waals surface area contributed by atoms with Gasteiger partial charge >= 0.3 is 6.18 Å². The molecule has 10 heteroatoms. The van der Waals surface area contributed by atoms with Gasteiger partial charge in [-0.1, -0.05) is 12.1 Å². The van der Waals surface area contributed by atoms with Crippen molar-refractivity contribution < 1.29 is 26.8 Å². The Bertz CT molecular complexity index is 1680. The predicted octanol–water partition coefficient (Wildman–Crippen LogP) is 6.81. The highest BCUT2D eigenvalue weighted by Gasteiger charge is 2.36. The van der Waals surface area contributed by atoms with E-state index in [1.54, 1.807) is 23.7 Å². The zero-order valence-electron chi connectivity index (χ0n) is 19.4. The smallest absolute Gasteiger partial charge is 0.420 e. The van der Waals surface area contributed by atoms with Crippen molar-refractivity contribution in [2.75, 3.05) is 0 Å². The first-order valence-electron chi connectivity index (χ1n) is 11.5. The van der Waals surface area contributed by atoms with Gasteiger partial charge in [-0.2, -0.15) is 13.2 Å². The summed E-state index contributed by atoms with van der Waals surface area (Å²) < 4.78 is 62.7. The predicted molar refractivity (Wildman–Crippen MR) is 127 cm³/mol. The number of aromatic nitrogens is 4. The lowest BCUT2D eigenvalue weighted by Gasteiger charge is -2.12. The van der Waals surface area contributed by atoms with E-state index in [-0.39, 0.29) is 17.0 Å². The fourth-order valence-electron chi connectivity index (χ4n) is 4.52. The Morgan fingerprint density at radius 1 is 1.03 bits per heavy atom. The van der Waals surface area contributed by atoms with Crippen molar-refractivity contribution in [1.82, 2.24) is 19.7 Å².